The first-order chi connectivity index (χ1) is 8.79. The number of anilines is 1. The first-order valence-corrected chi connectivity index (χ1v) is 6.56. The van der Waals surface area contributed by atoms with E-state index < -0.39 is 0 Å². The molecule has 1 aliphatic carbocycles. The molecular formula is C16H19NO. The van der Waals surface area contributed by atoms with E-state index in [4.69, 9.17) is 0 Å². The normalized spacial score (nSPS) is 14.2. The monoisotopic (exact) mass is 241 g/mol. The molecule has 1 N–H and O–H groups in total. The van der Waals surface area contributed by atoms with Gasteiger partial charge >= 0.3 is 0 Å². The van der Waals surface area contributed by atoms with Crippen molar-refractivity contribution in [1.29, 1.82) is 0 Å². The molecule has 18 heavy (non-hydrogen) atoms. The molecule has 0 aliphatic heterocycles. The summed E-state index contributed by atoms with van der Waals surface area (Å²) < 4.78 is 0. The summed E-state index contributed by atoms with van der Waals surface area (Å²) in [4.78, 5) is 11.9. The average Bonchev–Trinajstić information content (AvgIpc) is 2.42. The van der Waals surface area contributed by atoms with Crippen molar-refractivity contribution in [1.82, 2.24) is 0 Å². The molecule has 0 saturated heterocycles. The van der Waals surface area contributed by atoms with Crippen molar-refractivity contribution in [2.24, 2.45) is 0 Å². The maximum Gasteiger partial charge on any atom is 0.255 e. The third-order valence-electron chi connectivity index (χ3n) is 3.01. The Balaban J connectivity index is 1.98. The zero-order valence-corrected chi connectivity index (χ0v) is 10.8. The summed E-state index contributed by atoms with van der Waals surface area (Å²) in [6, 6.07) is 8.08. The van der Waals surface area contributed by atoms with Crippen LogP contribution in [0.3, 0.4) is 0 Å². The number of benzene rings is 1. The Bertz CT molecular complexity index is 468. The predicted molar refractivity (Wildman–Crippen MR) is 75.5 cm³/mol. The van der Waals surface area contributed by atoms with Gasteiger partial charge in [0.05, 0.1) is 0 Å². The summed E-state index contributed by atoms with van der Waals surface area (Å²) in [5.74, 6) is -0.0193. The van der Waals surface area contributed by atoms with E-state index in [1.54, 1.807) is 0 Å². The molecular weight excluding hydrogens is 222 g/mol. The van der Waals surface area contributed by atoms with E-state index in [2.05, 4.69) is 24.4 Å². The van der Waals surface area contributed by atoms with Crippen molar-refractivity contribution in [3.63, 3.8) is 0 Å². The van der Waals surface area contributed by atoms with E-state index in [9.17, 15) is 4.79 Å². The minimum Gasteiger partial charge on any atom is -0.322 e. The fourth-order valence-corrected chi connectivity index (χ4v) is 2.03. The Kier molecular flexibility index (Phi) is 4.35. The van der Waals surface area contributed by atoms with Crippen molar-refractivity contribution < 1.29 is 4.79 Å². The van der Waals surface area contributed by atoms with Crippen LogP contribution >= 0.6 is 0 Å². The number of rotatable bonds is 4. The fourth-order valence-electron chi connectivity index (χ4n) is 2.03. The Morgan fingerprint density at radius 3 is 2.61 bits per heavy atom. The topological polar surface area (TPSA) is 29.1 Å². The van der Waals surface area contributed by atoms with Gasteiger partial charge in [-0.1, -0.05) is 43.7 Å². The summed E-state index contributed by atoms with van der Waals surface area (Å²) >= 11 is 0. The minimum atomic E-state index is -0.0193. The van der Waals surface area contributed by atoms with E-state index in [0.29, 0.717) is 0 Å². The molecule has 0 saturated carbocycles. The predicted octanol–water partition coefficient (Wildman–Crippen LogP) is 3.85. The molecule has 94 valence electrons. The van der Waals surface area contributed by atoms with Gasteiger partial charge in [0.15, 0.2) is 0 Å². The van der Waals surface area contributed by atoms with Gasteiger partial charge in [-0.25, -0.2) is 0 Å². The molecule has 1 amide bonds. The Morgan fingerprint density at radius 2 is 2.00 bits per heavy atom. The fraction of sp³-hybridized carbons (Fsp3) is 0.312. The molecule has 0 spiro atoms. The summed E-state index contributed by atoms with van der Waals surface area (Å²) in [6.45, 7) is 2.16. The highest BCUT2D eigenvalue weighted by Crippen LogP contribution is 2.15. The van der Waals surface area contributed by atoms with E-state index >= 15 is 0 Å². The molecule has 0 radical (unpaired) electrons. The number of nitrogens with one attached hydrogen (secondary N) is 1. The molecule has 2 heteroatoms. The molecule has 2 rings (SSSR count). The summed E-state index contributed by atoms with van der Waals surface area (Å²) in [6.07, 6.45) is 10.1. The van der Waals surface area contributed by atoms with Gasteiger partial charge in [-0.2, -0.15) is 0 Å². The lowest BCUT2D eigenvalue weighted by Crippen LogP contribution is -2.14. The third-order valence-corrected chi connectivity index (χ3v) is 3.01. The zero-order chi connectivity index (χ0) is 12.8. The molecule has 1 aliphatic rings. The SMILES string of the molecule is CCCc1ccc(NC(=O)C2=CCCC=C2)cc1. The highest BCUT2D eigenvalue weighted by Gasteiger charge is 2.08. The number of aryl methyl sites for hydroxylation is 1. The molecule has 0 unspecified atom stereocenters. The lowest BCUT2D eigenvalue weighted by Gasteiger charge is -2.09. The third kappa shape index (κ3) is 3.33. The van der Waals surface area contributed by atoms with Crippen LogP contribution in [0.5, 0.6) is 0 Å². The van der Waals surface area contributed by atoms with Gasteiger partial charge in [0.2, 0.25) is 0 Å². The van der Waals surface area contributed by atoms with Crippen LogP contribution in [0.1, 0.15) is 31.7 Å². The smallest absolute Gasteiger partial charge is 0.255 e. The van der Waals surface area contributed by atoms with E-state index in [1.165, 1.54) is 5.56 Å². The van der Waals surface area contributed by atoms with Gasteiger partial charge in [-0.05, 0) is 37.0 Å². The highest BCUT2D eigenvalue weighted by molar-refractivity contribution is 6.05. The molecule has 0 aromatic heterocycles. The van der Waals surface area contributed by atoms with Gasteiger partial charge in [0.1, 0.15) is 0 Å². The number of amides is 1. The van der Waals surface area contributed by atoms with Crippen LogP contribution in [-0.2, 0) is 11.2 Å². The lowest BCUT2D eigenvalue weighted by molar-refractivity contribution is -0.112. The lowest BCUT2D eigenvalue weighted by atomic mass is 10.1. The zero-order valence-electron chi connectivity index (χ0n) is 10.8. The second kappa shape index (κ2) is 6.20. The Labute approximate surface area is 108 Å². The van der Waals surface area contributed by atoms with E-state index in [-0.39, 0.29) is 5.91 Å². The molecule has 0 atom stereocenters. The van der Waals surface area contributed by atoms with Gasteiger partial charge in [0.25, 0.3) is 5.91 Å². The molecule has 2 nitrogen and oxygen atoms in total. The molecule has 0 fully saturated rings. The summed E-state index contributed by atoms with van der Waals surface area (Å²) in [7, 11) is 0. The number of carbonyl (C=O) groups excluding carboxylic acids is 1. The van der Waals surface area contributed by atoms with Crippen LogP contribution in [0.25, 0.3) is 0 Å². The average molecular weight is 241 g/mol. The van der Waals surface area contributed by atoms with Crippen LogP contribution in [0.4, 0.5) is 5.69 Å². The minimum absolute atomic E-state index is 0.0193. The van der Waals surface area contributed by atoms with Gasteiger partial charge in [0, 0.05) is 11.3 Å². The van der Waals surface area contributed by atoms with E-state index in [1.807, 2.05) is 30.4 Å². The molecule has 1 aromatic rings. The number of allylic oxidation sites excluding steroid dienone is 2. The van der Waals surface area contributed by atoms with Crippen molar-refractivity contribution >= 4 is 11.6 Å². The first kappa shape index (κ1) is 12.6. The number of carbonyl (C=O) groups is 1. The largest absolute Gasteiger partial charge is 0.322 e. The van der Waals surface area contributed by atoms with Crippen molar-refractivity contribution in [2.75, 3.05) is 5.32 Å². The quantitative estimate of drug-likeness (QED) is 0.852. The first-order valence-electron chi connectivity index (χ1n) is 6.56. The van der Waals surface area contributed by atoms with Crippen molar-refractivity contribution in [3.05, 3.63) is 53.6 Å². The molecule has 0 bridgehead atoms. The van der Waals surface area contributed by atoms with Crippen LogP contribution in [0, 0.1) is 0 Å². The van der Waals surface area contributed by atoms with Crippen LogP contribution in [-0.4, -0.2) is 5.91 Å². The van der Waals surface area contributed by atoms with Crippen LogP contribution in [0.15, 0.2) is 48.1 Å². The number of hydrogen-bond donors (Lipinski definition) is 1. The molecule has 0 heterocycles. The second-order valence-electron chi connectivity index (χ2n) is 4.54. The standard InChI is InChI=1S/C16H19NO/c1-2-6-13-9-11-15(12-10-13)17-16(18)14-7-4-3-5-8-14/h4,7-12H,2-3,5-6H2,1H3,(H,17,18). The summed E-state index contributed by atoms with van der Waals surface area (Å²) in [5.41, 5.74) is 2.94. The summed E-state index contributed by atoms with van der Waals surface area (Å²) in [5, 5.41) is 2.92. The maximum absolute atomic E-state index is 11.9. The van der Waals surface area contributed by atoms with Gasteiger partial charge in [-0.3, -0.25) is 4.79 Å². The van der Waals surface area contributed by atoms with Gasteiger partial charge in [-0.15, -0.1) is 0 Å². The van der Waals surface area contributed by atoms with E-state index in [0.717, 1.165) is 36.9 Å². The van der Waals surface area contributed by atoms with Crippen molar-refractivity contribution in [2.45, 2.75) is 32.6 Å². The second-order valence-corrected chi connectivity index (χ2v) is 4.54. The molecule has 1 aromatic carbocycles. The number of hydrogen-bond acceptors (Lipinski definition) is 1. The van der Waals surface area contributed by atoms with Crippen LogP contribution < -0.4 is 5.32 Å². The van der Waals surface area contributed by atoms with Crippen molar-refractivity contribution in [3.8, 4) is 0 Å². The Morgan fingerprint density at radius 1 is 1.22 bits per heavy atom. The Hall–Kier alpha value is -1.83. The maximum atomic E-state index is 11.9. The highest BCUT2D eigenvalue weighted by atomic mass is 16.1. The van der Waals surface area contributed by atoms with Gasteiger partial charge < -0.3 is 5.32 Å². The van der Waals surface area contributed by atoms with Crippen LogP contribution in [0.2, 0.25) is 0 Å².